The van der Waals surface area contributed by atoms with E-state index in [1.807, 2.05) is 11.3 Å². The number of fused-ring (bicyclic) bond motifs is 1. The Labute approximate surface area is 171 Å². The monoisotopic (exact) mass is 392 g/mol. The maximum absolute atomic E-state index is 4.91. The summed E-state index contributed by atoms with van der Waals surface area (Å²) in [7, 11) is 0. The Hall–Kier alpha value is -2.24. The van der Waals surface area contributed by atoms with Crippen LogP contribution >= 0.6 is 11.3 Å². The highest BCUT2D eigenvalue weighted by molar-refractivity contribution is 7.18. The second kappa shape index (κ2) is 8.84. The fourth-order valence-electron chi connectivity index (χ4n) is 3.62. The molecule has 0 bridgehead atoms. The third kappa shape index (κ3) is 4.26. The minimum atomic E-state index is 0.881. The molecule has 0 saturated carbocycles. The van der Waals surface area contributed by atoms with E-state index in [0.717, 1.165) is 62.0 Å². The zero-order valence-electron chi connectivity index (χ0n) is 16.8. The van der Waals surface area contributed by atoms with Crippen molar-refractivity contribution in [2.75, 3.05) is 37.6 Å². The summed E-state index contributed by atoms with van der Waals surface area (Å²) in [6.45, 7) is 9.52. The maximum atomic E-state index is 4.91. The van der Waals surface area contributed by atoms with Crippen LogP contribution < -0.4 is 4.90 Å². The molecule has 4 rings (SSSR count). The molecule has 0 atom stereocenters. The summed E-state index contributed by atoms with van der Waals surface area (Å²) in [4.78, 5) is 17.2. The lowest BCUT2D eigenvalue weighted by Crippen LogP contribution is -2.46. The van der Waals surface area contributed by atoms with Crippen LogP contribution in [0.5, 0.6) is 0 Å². The molecule has 3 heterocycles. The zero-order chi connectivity index (χ0) is 19.3. The Balaban J connectivity index is 1.43. The molecule has 0 radical (unpaired) electrons. The van der Waals surface area contributed by atoms with E-state index >= 15 is 0 Å². The molecule has 2 aromatic heterocycles. The number of hydrogen-bond acceptors (Lipinski definition) is 5. The average molecular weight is 393 g/mol. The molecule has 1 saturated heterocycles. The van der Waals surface area contributed by atoms with Crippen LogP contribution in [-0.2, 0) is 12.8 Å². The van der Waals surface area contributed by atoms with E-state index in [9.17, 15) is 0 Å². The van der Waals surface area contributed by atoms with Crippen molar-refractivity contribution in [3.63, 3.8) is 0 Å². The summed E-state index contributed by atoms with van der Waals surface area (Å²) in [6, 6.07) is 12.8. The second-order valence-corrected chi connectivity index (χ2v) is 8.32. The van der Waals surface area contributed by atoms with E-state index < -0.39 is 0 Å². The summed E-state index contributed by atoms with van der Waals surface area (Å²) < 4.78 is 0. The van der Waals surface area contributed by atoms with Crippen LogP contribution in [-0.4, -0.2) is 47.6 Å². The molecule has 146 valence electrons. The molecule has 5 heteroatoms. The number of hydrogen-bond donors (Lipinski definition) is 0. The van der Waals surface area contributed by atoms with Gasteiger partial charge < -0.3 is 4.90 Å². The van der Waals surface area contributed by atoms with E-state index in [2.05, 4.69) is 72.2 Å². The van der Waals surface area contributed by atoms with Gasteiger partial charge in [0.15, 0.2) is 0 Å². The fraction of sp³-hybridized carbons (Fsp3) is 0.391. The molecule has 4 nitrogen and oxygen atoms in total. The van der Waals surface area contributed by atoms with Crippen molar-refractivity contribution in [3.05, 3.63) is 58.7 Å². The van der Waals surface area contributed by atoms with Gasteiger partial charge in [-0.25, -0.2) is 9.97 Å². The van der Waals surface area contributed by atoms with Crippen molar-refractivity contribution in [2.24, 2.45) is 0 Å². The molecule has 0 N–H and O–H groups in total. The number of thiophene rings is 1. The average Bonchev–Trinajstić information content (AvgIpc) is 3.17. The van der Waals surface area contributed by atoms with Crippen LogP contribution in [0, 0.1) is 0 Å². The Kier molecular flexibility index (Phi) is 6.03. The second-order valence-electron chi connectivity index (χ2n) is 7.20. The first-order valence-corrected chi connectivity index (χ1v) is 11.1. The number of rotatable bonds is 6. The predicted octanol–water partition coefficient (Wildman–Crippen LogP) is 4.65. The number of anilines is 1. The first-order chi connectivity index (χ1) is 13.8. The van der Waals surface area contributed by atoms with Gasteiger partial charge in [0, 0.05) is 44.0 Å². The Morgan fingerprint density at radius 3 is 2.50 bits per heavy atom. The van der Waals surface area contributed by atoms with Crippen molar-refractivity contribution in [2.45, 2.75) is 26.7 Å². The van der Waals surface area contributed by atoms with Crippen LogP contribution in [0.25, 0.3) is 16.3 Å². The van der Waals surface area contributed by atoms with E-state index in [1.165, 1.54) is 15.8 Å². The van der Waals surface area contributed by atoms with Crippen LogP contribution in [0.1, 0.15) is 30.1 Å². The molecule has 0 aliphatic carbocycles. The topological polar surface area (TPSA) is 32.3 Å². The summed E-state index contributed by atoms with van der Waals surface area (Å²) in [5.41, 5.74) is 1.26. The van der Waals surface area contributed by atoms with Gasteiger partial charge in [-0.1, -0.05) is 56.3 Å². The van der Waals surface area contributed by atoms with Crippen molar-refractivity contribution >= 4 is 33.4 Å². The van der Waals surface area contributed by atoms with E-state index in [-0.39, 0.29) is 0 Å². The van der Waals surface area contributed by atoms with Crippen LogP contribution in [0.2, 0.25) is 0 Å². The molecule has 0 amide bonds. The first kappa shape index (κ1) is 19.1. The van der Waals surface area contributed by atoms with Gasteiger partial charge in [0.2, 0.25) is 0 Å². The molecule has 28 heavy (non-hydrogen) atoms. The minimum absolute atomic E-state index is 0.881. The summed E-state index contributed by atoms with van der Waals surface area (Å²) >= 11 is 1.82. The van der Waals surface area contributed by atoms with Crippen molar-refractivity contribution < 1.29 is 0 Å². The maximum Gasteiger partial charge on any atom is 0.141 e. The Bertz CT molecular complexity index is 940. The lowest BCUT2D eigenvalue weighted by Gasteiger charge is -2.35. The van der Waals surface area contributed by atoms with E-state index in [0.29, 0.717) is 0 Å². The molecule has 1 aliphatic heterocycles. The Morgan fingerprint density at radius 2 is 1.79 bits per heavy atom. The van der Waals surface area contributed by atoms with Gasteiger partial charge in [-0.05, 0) is 18.1 Å². The molecule has 0 spiro atoms. The lowest BCUT2D eigenvalue weighted by molar-refractivity contribution is 0.284. The third-order valence-electron chi connectivity index (χ3n) is 5.28. The van der Waals surface area contributed by atoms with Gasteiger partial charge in [-0.3, -0.25) is 4.90 Å². The van der Waals surface area contributed by atoms with Gasteiger partial charge in [0.1, 0.15) is 16.5 Å². The van der Waals surface area contributed by atoms with Crippen LogP contribution in [0.3, 0.4) is 0 Å². The molecule has 0 unspecified atom stereocenters. The zero-order valence-corrected chi connectivity index (χ0v) is 17.6. The van der Waals surface area contributed by atoms with E-state index in [1.54, 1.807) is 0 Å². The highest BCUT2D eigenvalue weighted by Crippen LogP contribution is 2.32. The minimum Gasteiger partial charge on any atom is -0.353 e. The van der Waals surface area contributed by atoms with Gasteiger partial charge in [-0.2, -0.15) is 0 Å². The van der Waals surface area contributed by atoms with Gasteiger partial charge in [0.05, 0.1) is 5.39 Å². The number of piperazine rings is 1. The predicted molar refractivity (Wildman–Crippen MR) is 120 cm³/mol. The molecular weight excluding hydrogens is 364 g/mol. The third-order valence-corrected chi connectivity index (χ3v) is 6.45. The Morgan fingerprint density at radius 1 is 1.00 bits per heavy atom. The lowest BCUT2D eigenvalue weighted by atomic mass is 10.2. The van der Waals surface area contributed by atoms with E-state index in [4.69, 9.17) is 9.97 Å². The number of aryl methyl sites for hydroxylation is 2. The first-order valence-electron chi connectivity index (χ1n) is 10.2. The quantitative estimate of drug-likeness (QED) is 0.611. The molecule has 1 fully saturated rings. The number of aromatic nitrogens is 2. The smallest absolute Gasteiger partial charge is 0.141 e. The van der Waals surface area contributed by atoms with Crippen LogP contribution in [0.15, 0.2) is 42.5 Å². The molecular formula is C23H28N4S. The summed E-state index contributed by atoms with van der Waals surface area (Å²) in [5.74, 6) is 2.09. The number of nitrogens with zero attached hydrogens (tertiary/aromatic N) is 4. The fourth-order valence-corrected chi connectivity index (χ4v) is 4.60. The summed E-state index contributed by atoms with van der Waals surface area (Å²) in [6.07, 6.45) is 6.43. The number of benzene rings is 1. The standard InChI is InChI=1S/C23H28N4S/c1-3-19-17-20-22(24-21(4-2)25-23(20)28-19)27-15-13-26(14-16-27)12-8-11-18-9-6-5-7-10-18/h5-11,17H,3-4,12-16H2,1-2H3/b11-8+. The van der Waals surface area contributed by atoms with Crippen molar-refractivity contribution in [1.29, 1.82) is 0 Å². The largest absolute Gasteiger partial charge is 0.353 e. The molecule has 1 aromatic carbocycles. The van der Waals surface area contributed by atoms with Gasteiger partial charge >= 0.3 is 0 Å². The normalized spacial score (nSPS) is 15.7. The van der Waals surface area contributed by atoms with Crippen molar-refractivity contribution in [1.82, 2.24) is 14.9 Å². The summed E-state index contributed by atoms with van der Waals surface area (Å²) in [5, 5.41) is 1.23. The SMILES string of the molecule is CCc1nc(N2CCN(C/C=C/c3ccccc3)CC2)c2cc(CC)sc2n1. The van der Waals surface area contributed by atoms with Gasteiger partial charge in [0.25, 0.3) is 0 Å². The van der Waals surface area contributed by atoms with Gasteiger partial charge in [-0.15, -0.1) is 11.3 Å². The molecule has 3 aromatic rings. The highest BCUT2D eigenvalue weighted by Gasteiger charge is 2.21. The van der Waals surface area contributed by atoms with Crippen molar-refractivity contribution in [3.8, 4) is 0 Å². The molecule has 1 aliphatic rings. The highest BCUT2D eigenvalue weighted by atomic mass is 32.1. The van der Waals surface area contributed by atoms with Crippen LogP contribution in [0.4, 0.5) is 5.82 Å².